The van der Waals surface area contributed by atoms with Gasteiger partial charge in [-0.25, -0.2) is 8.78 Å². The molecule has 0 spiro atoms. The number of ether oxygens (including phenoxy) is 2. The van der Waals surface area contributed by atoms with Crippen LogP contribution in [0, 0.1) is 18.3 Å². The summed E-state index contributed by atoms with van der Waals surface area (Å²) in [4.78, 5) is 27.1. The number of carbonyl (C=O) groups excluding carboxylic acids is 1. The Balaban J connectivity index is 1.35. The number of nitrogens with zero attached hydrogens (tertiary/aromatic N) is 6. The van der Waals surface area contributed by atoms with Crippen molar-refractivity contribution in [2.24, 2.45) is 0 Å². The number of alkyl halides is 4. The summed E-state index contributed by atoms with van der Waals surface area (Å²) >= 11 is 0. The Labute approximate surface area is 263 Å². The lowest BCUT2D eigenvalue weighted by Crippen LogP contribution is -2.55. The van der Waals surface area contributed by atoms with Gasteiger partial charge in [0.25, 0.3) is 5.91 Å². The van der Waals surface area contributed by atoms with E-state index in [0.29, 0.717) is 30.0 Å². The van der Waals surface area contributed by atoms with E-state index in [-0.39, 0.29) is 62.8 Å². The lowest BCUT2D eigenvalue weighted by atomic mass is 9.92. The van der Waals surface area contributed by atoms with Gasteiger partial charge in [-0.3, -0.25) is 9.69 Å². The highest BCUT2D eigenvalue weighted by Gasteiger charge is 2.49. The summed E-state index contributed by atoms with van der Waals surface area (Å²) in [6.45, 7) is 6.13. The summed E-state index contributed by atoms with van der Waals surface area (Å²) in [7, 11) is 0. The molecule has 3 saturated heterocycles. The van der Waals surface area contributed by atoms with Crippen LogP contribution in [-0.2, 0) is 28.7 Å². The fraction of sp³-hybridized carbons (Fsp3) is 0.562. The van der Waals surface area contributed by atoms with Crippen molar-refractivity contribution in [1.82, 2.24) is 19.8 Å². The third kappa shape index (κ3) is 6.02. The summed E-state index contributed by atoms with van der Waals surface area (Å²) < 4.78 is 82.9. The molecule has 4 aliphatic rings. The van der Waals surface area contributed by atoms with Gasteiger partial charge in [0.15, 0.2) is 5.83 Å². The predicted molar refractivity (Wildman–Crippen MR) is 156 cm³/mol. The zero-order chi connectivity index (χ0) is 32.8. The summed E-state index contributed by atoms with van der Waals surface area (Å²) in [6, 6.07) is 5.77. The van der Waals surface area contributed by atoms with Crippen LogP contribution in [0.2, 0.25) is 0 Å². The normalized spacial score (nSPS) is 26.4. The fourth-order valence-electron chi connectivity index (χ4n) is 7.50. The Bertz CT molecular complexity index is 1560. The molecule has 1 aromatic heterocycles. The van der Waals surface area contributed by atoms with Crippen LogP contribution in [0.15, 0.2) is 30.6 Å². The minimum atomic E-state index is -4.59. The smallest absolute Gasteiger partial charge is 0.417 e. The highest BCUT2D eigenvalue weighted by Crippen LogP contribution is 2.43. The molecule has 0 bridgehead atoms. The lowest BCUT2D eigenvalue weighted by Gasteiger charge is -2.42. The van der Waals surface area contributed by atoms with Crippen LogP contribution >= 0.6 is 0 Å². The van der Waals surface area contributed by atoms with Gasteiger partial charge in [0.05, 0.1) is 48.0 Å². The van der Waals surface area contributed by atoms with Gasteiger partial charge in [-0.05, 0) is 37.4 Å². The zero-order valence-electron chi connectivity index (χ0n) is 25.5. The van der Waals surface area contributed by atoms with E-state index in [9.17, 15) is 32.0 Å². The molecule has 6 rings (SSSR count). The summed E-state index contributed by atoms with van der Waals surface area (Å²) in [5, 5.41) is 9.45. The van der Waals surface area contributed by atoms with Crippen LogP contribution in [0.1, 0.15) is 59.7 Å². The van der Waals surface area contributed by atoms with Crippen molar-refractivity contribution in [1.29, 1.82) is 5.26 Å². The fourth-order valence-corrected chi connectivity index (χ4v) is 7.50. The molecule has 46 heavy (non-hydrogen) atoms. The van der Waals surface area contributed by atoms with E-state index in [2.05, 4.69) is 16.5 Å². The van der Waals surface area contributed by atoms with Crippen LogP contribution < -0.4 is 9.64 Å². The number of fused-ring (bicyclic) bond motifs is 2. The van der Waals surface area contributed by atoms with E-state index in [4.69, 9.17) is 14.5 Å². The maximum Gasteiger partial charge on any atom is 0.417 e. The van der Waals surface area contributed by atoms with Crippen LogP contribution in [0.5, 0.6) is 6.01 Å². The number of aryl methyl sites for hydroxylation is 1. The molecule has 4 atom stereocenters. The number of halogens is 5. The van der Waals surface area contributed by atoms with E-state index < -0.39 is 47.3 Å². The first-order chi connectivity index (χ1) is 21.9. The van der Waals surface area contributed by atoms with Gasteiger partial charge in [0, 0.05) is 44.6 Å². The molecule has 1 amide bonds. The average molecular weight is 647 g/mol. The highest BCUT2D eigenvalue weighted by atomic mass is 19.4. The predicted octanol–water partition coefficient (Wildman–Crippen LogP) is 4.99. The first-order valence-corrected chi connectivity index (χ1v) is 15.4. The van der Waals surface area contributed by atoms with Gasteiger partial charge in [0.2, 0.25) is 0 Å². The first-order valence-electron chi connectivity index (χ1n) is 15.4. The standard InChI is InChI=1S/C32H35F5N6O3/c1-19-5-3-6-23(27(19)32(35,36)37)26-13-25-24(17-45-26)28(41-11-12-43(29(44)20(2)33)22(16-41)7-9-38)40-30(39-25)46-18-31-8-4-10-42(31)15-21(34)14-31/h3,5-6,21-22,26H,2,4,7-8,10-18H2,1H3/t21-,22+,26+,31+/m1/s1. The van der Waals surface area contributed by atoms with Crippen LogP contribution in [0.25, 0.3) is 0 Å². The molecule has 5 heterocycles. The van der Waals surface area contributed by atoms with E-state index in [0.717, 1.165) is 19.4 Å². The van der Waals surface area contributed by atoms with E-state index in [1.165, 1.54) is 24.0 Å². The third-order valence-electron chi connectivity index (χ3n) is 9.63. The zero-order valence-corrected chi connectivity index (χ0v) is 25.5. The van der Waals surface area contributed by atoms with Gasteiger partial charge in [0.1, 0.15) is 18.6 Å². The second kappa shape index (κ2) is 12.4. The van der Waals surface area contributed by atoms with Gasteiger partial charge in [-0.2, -0.15) is 28.4 Å². The van der Waals surface area contributed by atoms with Crippen molar-refractivity contribution in [2.75, 3.05) is 44.2 Å². The summed E-state index contributed by atoms with van der Waals surface area (Å²) in [5.41, 5.74) is -0.122. The number of benzene rings is 1. The summed E-state index contributed by atoms with van der Waals surface area (Å²) in [5.74, 6) is -1.60. The van der Waals surface area contributed by atoms with Crippen molar-refractivity contribution in [3.8, 4) is 12.1 Å². The van der Waals surface area contributed by atoms with E-state index >= 15 is 0 Å². The number of carbonyl (C=O) groups is 1. The molecule has 0 radical (unpaired) electrons. The highest BCUT2D eigenvalue weighted by molar-refractivity contribution is 5.91. The molecule has 3 fully saturated rings. The van der Waals surface area contributed by atoms with Crippen LogP contribution in [-0.4, -0.2) is 82.8 Å². The molecule has 246 valence electrons. The number of amides is 1. The maximum absolute atomic E-state index is 14.4. The van der Waals surface area contributed by atoms with Crippen molar-refractivity contribution in [2.45, 2.75) is 75.7 Å². The van der Waals surface area contributed by atoms with Gasteiger partial charge >= 0.3 is 12.2 Å². The number of piperazine rings is 1. The van der Waals surface area contributed by atoms with Crippen molar-refractivity contribution >= 4 is 11.7 Å². The minimum Gasteiger partial charge on any atom is -0.461 e. The lowest BCUT2D eigenvalue weighted by molar-refractivity contribution is -0.140. The monoisotopic (exact) mass is 646 g/mol. The van der Waals surface area contributed by atoms with Gasteiger partial charge < -0.3 is 19.3 Å². The second-order valence-electron chi connectivity index (χ2n) is 12.5. The number of nitriles is 1. The molecule has 0 saturated carbocycles. The molecule has 0 aliphatic carbocycles. The van der Waals surface area contributed by atoms with Crippen LogP contribution in [0.3, 0.4) is 0 Å². The molecule has 2 aromatic rings. The van der Waals surface area contributed by atoms with Gasteiger partial charge in [-0.15, -0.1) is 0 Å². The van der Waals surface area contributed by atoms with E-state index in [1.54, 1.807) is 6.07 Å². The second-order valence-corrected chi connectivity index (χ2v) is 12.5. The Hall–Kier alpha value is -3.83. The SMILES string of the molecule is C=C(F)C(=O)N1CCN(c2nc(OC[C@@]34CCCN3C[C@H](F)C4)nc3c2CO[C@H](c2cccc(C)c2C(F)(F)F)C3)C[C@@H]1CC#N. The molecule has 4 aliphatic heterocycles. The first kappa shape index (κ1) is 32.1. The molecule has 1 aromatic carbocycles. The number of hydrogen-bond acceptors (Lipinski definition) is 8. The number of rotatable bonds is 7. The third-order valence-corrected chi connectivity index (χ3v) is 9.63. The molecular weight excluding hydrogens is 611 g/mol. The van der Waals surface area contributed by atoms with Gasteiger partial charge in [-0.1, -0.05) is 24.8 Å². The number of anilines is 1. The maximum atomic E-state index is 14.4. The quantitative estimate of drug-likeness (QED) is 0.307. The Morgan fingerprint density at radius 3 is 2.78 bits per heavy atom. The number of aromatic nitrogens is 2. The average Bonchev–Trinajstić information content (AvgIpc) is 3.54. The molecule has 0 unspecified atom stereocenters. The molecular formula is C32H35F5N6O3. The topological polar surface area (TPSA) is 94.8 Å². The molecule has 0 N–H and O–H groups in total. The Morgan fingerprint density at radius 2 is 2.04 bits per heavy atom. The van der Waals surface area contributed by atoms with Crippen molar-refractivity contribution in [3.05, 3.63) is 58.6 Å². The van der Waals surface area contributed by atoms with E-state index in [1.807, 2.05) is 11.0 Å². The van der Waals surface area contributed by atoms with Crippen LogP contribution in [0.4, 0.5) is 27.8 Å². The Morgan fingerprint density at radius 1 is 1.24 bits per heavy atom. The Kier molecular flexibility index (Phi) is 8.67. The largest absolute Gasteiger partial charge is 0.461 e. The molecule has 14 heteroatoms. The minimum absolute atomic E-state index is 0.00527. The van der Waals surface area contributed by atoms with Crippen molar-refractivity contribution in [3.63, 3.8) is 0 Å². The van der Waals surface area contributed by atoms with Crippen molar-refractivity contribution < 1.29 is 36.2 Å². The summed E-state index contributed by atoms with van der Waals surface area (Å²) in [6.07, 6.45) is -4.54. The molecule has 9 nitrogen and oxygen atoms in total. The number of hydrogen-bond donors (Lipinski definition) is 0.